The highest BCUT2D eigenvalue weighted by atomic mass is 35.5. The number of unbranched alkanes of at least 4 members (excludes halogenated alkanes) is 18. The quantitative estimate of drug-likeness (QED) is 0.0539. The number of benzene rings is 2. The third-order valence-electron chi connectivity index (χ3n) is 8.97. The summed E-state index contributed by atoms with van der Waals surface area (Å²) in [7, 11) is 0. The van der Waals surface area contributed by atoms with Crippen LogP contribution in [0.5, 0.6) is 17.9 Å². The van der Waals surface area contributed by atoms with E-state index in [0.717, 1.165) is 53.6 Å². The van der Waals surface area contributed by atoms with Gasteiger partial charge in [-0.3, -0.25) is 0 Å². The molecule has 0 aliphatic rings. The lowest BCUT2D eigenvalue weighted by atomic mass is 10.1. The number of hydrogen-bond acceptors (Lipinski definition) is 9. The highest BCUT2D eigenvalue weighted by molar-refractivity contribution is 6.42. The van der Waals surface area contributed by atoms with Crippen LogP contribution in [0.3, 0.4) is 0 Å². The lowest BCUT2D eigenvalue weighted by Gasteiger charge is -2.08. The first-order valence-electron chi connectivity index (χ1n) is 20.3. The summed E-state index contributed by atoms with van der Waals surface area (Å²) in [6, 6.07) is 9.53. The Bertz CT molecular complexity index is 1790. The molecule has 0 bridgehead atoms. The van der Waals surface area contributed by atoms with E-state index in [1.807, 2.05) is 0 Å². The van der Waals surface area contributed by atoms with Crippen LogP contribution < -0.4 is 25.7 Å². The summed E-state index contributed by atoms with van der Waals surface area (Å²) >= 11 is 11.9. The Balaban J connectivity index is 0.000000307. The van der Waals surface area contributed by atoms with Crippen molar-refractivity contribution in [3.05, 3.63) is 73.6 Å². The van der Waals surface area contributed by atoms with Crippen molar-refractivity contribution < 1.29 is 36.2 Å². The molecule has 0 amide bonds. The summed E-state index contributed by atoms with van der Waals surface area (Å²) in [6.45, 7) is 5.32. The number of nitrogens with zero attached hydrogens (tertiary/aromatic N) is 4. The number of ether oxygens (including phenoxy) is 3. The molecule has 11 nitrogen and oxygen atoms in total. The molecule has 4 aromatic rings. The minimum atomic E-state index is -4.78. The lowest BCUT2D eigenvalue weighted by Crippen LogP contribution is -2.17. The molecule has 0 atom stereocenters. The molecular weight excluding hydrogens is 788 g/mol. The molecule has 0 unspecified atom stereocenters. The van der Waals surface area contributed by atoms with Gasteiger partial charge in [0.25, 0.3) is 0 Å². The molecule has 0 saturated heterocycles. The molecule has 2 heterocycles. The fraction of sp³-hybridized carbons (Fsp3) is 0.610. The van der Waals surface area contributed by atoms with Gasteiger partial charge in [-0.2, -0.15) is 9.36 Å². The summed E-state index contributed by atoms with van der Waals surface area (Å²) in [5, 5.41) is 8.72. The van der Waals surface area contributed by atoms with Gasteiger partial charge in [0.2, 0.25) is 0 Å². The number of halogens is 5. The van der Waals surface area contributed by atoms with Crippen molar-refractivity contribution in [3.63, 3.8) is 0 Å². The monoisotopic (exact) mass is 844 g/mol. The maximum Gasteiger partial charge on any atom is 0.573 e. The van der Waals surface area contributed by atoms with Gasteiger partial charge in [-0.15, -0.1) is 13.2 Å². The van der Waals surface area contributed by atoms with E-state index < -0.39 is 17.9 Å². The van der Waals surface area contributed by atoms with Crippen molar-refractivity contribution in [1.29, 1.82) is 0 Å². The van der Waals surface area contributed by atoms with E-state index in [9.17, 15) is 22.8 Å². The van der Waals surface area contributed by atoms with Crippen LogP contribution in [0.15, 0.2) is 60.9 Å². The average molecular weight is 846 g/mol. The van der Waals surface area contributed by atoms with E-state index in [0.29, 0.717) is 28.9 Å². The summed E-state index contributed by atoms with van der Waals surface area (Å²) in [6.07, 6.45) is 19.6. The molecule has 2 aromatic heterocycles. The molecular formula is C41H57Cl2F3N4O7. The molecule has 318 valence electrons. The Kier molecular flexibility index (Phi) is 22.4. The minimum absolute atomic E-state index is 0.0259. The van der Waals surface area contributed by atoms with E-state index in [1.54, 1.807) is 18.2 Å². The summed E-state index contributed by atoms with van der Waals surface area (Å²) < 4.78 is 63.2. The van der Waals surface area contributed by atoms with Gasteiger partial charge in [0.05, 0.1) is 34.6 Å². The summed E-state index contributed by atoms with van der Waals surface area (Å²) in [5.74, 6) is -1.79. The Hall–Kier alpha value is -3.91. The third kappa shape index (κ3) is 19.4. The largest absolute Gasteiger partial charge is 0.573 e. The van der Waals surface area contributed by atoms with Gasteiger partial charge in [0, 0.05) is 0 Å². The number of aromatic nitrogens is 4. The van der Waals surface area contributed by atoms with Crippen molar-refractivity contribution in [2.24, 2.45) is 0 Å². The van der Waals surface area contributed by atoms with Crippen LogP contribution in [0.25, 0.3) is 11.4 Å². The molecule has 2 aromatic carbocycles. The van der Waals surface area contributed by atoms with Gasteiger partial charge in [0.15, 0.2) is 0 Å². The topological polar surface area (TPSA) is 124 Å². The Labute approximate surface area is 342 Å². The molecule has 57 heavy (non-hydrogen) atoms. The highest BCUT2D eigenvalue weighted by Crippen LogP contribution is 2.25. The molecule has 0 aliphatic carbocycles. The van der Waals surface area contributed by atoms with E-state index in [2.05, 4.69) is 28.8 Å². The van der Waals surface area contributed by atoms with Crippen LogP contribution in [0.2, 0.25) is 10.0 Å². The van der Waals surface area contributed by atoms with Crippen molar-refractivity contribution in [2.45, 2.75) is 149 Å². The van der Waals surface area contributed by atoms with Crippen molar-refractivity contribution in [3.8, 4) is 29.3 Å². The number of alkyl halides is 3. The van der Waals surface area contributed by atoms with Crippen LogP contribution >= 0.6 is 23.2 Å². The van der Waals surface area contributed by atoms with E-state index in [1.165, 1.54) is 108 Å². The molecule has 0 spiro atoms. The molecule has 0 fully saturated rings. The van der Waals surface area contributed by atoms with Crippen molar-refractivity contribution in [2.75, 3.05) is 13.2 Å². The van der Waals surface area contributed by atoms with Crippen molar-refractivity contribution in [1.82, 2.24) is 19.6 Å². The van der Waals surface area contributed by atoms with Gasteiger partial charge in [0.1, 0.15) is 5.75 Å². The smallest absolute Gasteiger partial charge is 0.449 e. The maximum absolute atomic E-state index is 12.2. The van der Waals surface area contributed by atoms with Crippen LogP contribution in [0, 0.1) is 0 Å². The molecule has 4 rings (SSSR count). The van der Waals surface area contributed by atoms with Gasteiger partial charge in [-0.05, 0) is 55.3 Å². The van der Waals surface area contributed by atoms with E-state index in [-0.39, 0.29) is 23.6 Å². The number of rotatable bonds is 27. The predicted molar refractivity (Wildman–Crippen MR) is 216 cm³/mol. The second-order valence-electron chi connectivity index (χ2n) is 13.8. The van der Waals surface area contributed by atoms with Crippen LogP contribution in [-0.2, 0) is 0 Å². The second-order valence-corrected chi connectivity index (χ2v) is 14.6. The fourth-order valence-corrected chi connectivity index (χ4v) is 6.16. The Morgan fingerprint density at radius 2 is 0.947 bits per heavy atom. The summed E-state index contributed by atoms with van der Waals surface area (Å²) in [5.41, 5.74) is 0.721. The fourth-order valence-electron chi connectivity index (χ4n) is 5.87. The van der Waals surface area contributed by atoms with Crippen LogP contribution in [0.4, 0.5) is 13.2 Å². The van der Waals surface area contributed by atoms with Gasteiger partial charge < -0.3 is 23.0 Å². The number of hydrogen-bond donors (Lipinski definition) is 0. The van der Waals surface area contributed by atoms with Gasteiger partial charge in [-0.25, -0.2) is 9.59 Å². The maximum atomic E-state index is 12.2. The normalized spacial score (nSPS) is 11.4. The van der Waals surface area contributed by atoms with Crippen LogP contribution in [0.1, 0.15) is 142 Å². The highest BCUT2D eigenvalue weighted by Gasteiger charge is 2.31. The third-order valence-corrected chi connectivity index (χ3v) is 9.71. The minimum Gasteiger partial charge on any atom is -0.449 e. The van der Waals surface area contributed by atoms with E-state index >= 15 is 0 Å². The lowest BCUT2D eigenvalue weighted by molar-refractivity contribution is -0.274. The summed E-state index contributed by atoms with van der Waals surface area (Å²) in [4.78, 5) is 23.8. The first-order chi connectivity index (χ1) is 27.5. The molecule has 0 aliphatic heterocycles. The molecule has 16 heteroatoms. The average Bonchev–Trinajstić information content (AvgIpc) is 3.74. The zero-order valence-corrected chi connectivity index (χ0v) is 34.6. The first kappa shape index (κ1) is 47.5. The molecule has 0 saturated carbocycles. The molecule has 0 N–H and O–H groups in total. The predicted octanol–water partition coefficient (Wildman–Crippen LogP) is 12.5. The van der Waals surface area contributed by atoms with E-state index in [4.69, 9.17) is 41.5 Å². The second kappa shape index (κ2) is 26.9. The first-order valence-corrected chi connectivity index (χ1v) is 21.0. The van der Waals surface area contributed by atoms with Gasteiger partial charge in [-0.1, -0.05) is 163 Å². The molecule has 0 radical (unpaired) electrons. The van der Waals surface area contributed by atoms with Gasteiger partial charge >= 0.3 is 30.0 Å². The Morgan fingerprint density at radius 3 is 1.35 bits per heavy atom. The zero-order chi connectivity index (χ0) is 41.3. The zero-order valence-electron chi connectivity index (χ0n) is 33.1. The van der Waals surface area contributed by atoms with Crippen molar-refractivity contribution >= 4 is 23.2 Å². The van der Waals surface area contributed by atoms with Crippen LogP contribution in [-0.4, -0.2) is 39.1 Å². The SMILES string of the molecule is CCCCCCCCCCCCOc1nn(-c2ccc(Cl)c(Cl)c2)c(=O)o1.CCCCCCCCCCCCOc1nn(-c2ccc(OC(F)(F)F)cc2)c(=O)o1. The standard InChI is InChI=1S/C21H29F3N2O4.C20H28Cl2N2O3/c1-2-3-4-5-6-7-8-9-10-11-16-28-19-25-26(20(27)29-19)17-12-14-18(15-13-17)30-21(22,23)24;1-2-3-4-5-6-7-8-9-10-11-14-26-19-23-24(20(25)27-19)16-12-13-17(21)18(22)15-16/h12-15H,2-11,16H2,1H3;12-13,15H,2-11,14H2,1H3. The Morgan fingerprint density at radius 1 is 0.561 bits per heavy atom.